The lowest BCUT2D eigenvalue weighted by molar-refractivity contribution is 0.414. The summed E-state index contributed by atoms with van der Waals surface area (Å²) in [5, 5.41) is 3.12. The molecule has 0 aliphatic carbocycles. The van der Waals surface area contributed by atoms with Gasteiger partial charge in [0.1, 0.15) is 17.8 Å². The van der Waals surface area contributed by atoms with Gasteiger partial charge in [0.25, 0.3) is 0 Å². The summed E-state index contributed by atoms with van der Waals surface area (Å²) in [4.78, 5) is 8.41. The molecule has 4 nitrogen and oxygen atoms in total. The number of benzene rings is 1. The third kappa shape index (κ3) is 2.65. The molecule has 1 aromatic carbocycles. The monoisotopic (exact) mass is 261 g/mol. The van der Waals surface area contributed by atoms with E-state index in [-0.39, 0.29) is 5.82 Å². The molecule has 2 aromatic rings. The number of nitrogens with one attached hydrogen (secondary N) is 1. The van der Waals surface area contributed by atoms with E-state index >= 15 is 0 Å². The number of hydrogen-bond donors (Lipinski definition) is 1. The highest BCUT2D eigenvalue weighted by atomic mass is 19.1. The molecule has 0 aliphatic rings. The standard InChI is InChI=1S/C14H16FN3O/c1-4-16-14-13(19-3)12(17-8-18-14)11-6-5-10(15)7-9(11)2/h5-8H,4H2,1-3H3,(H,16,17,18). The molecule has 100 valence electrons. The van der Waals surface area contributed by atoms with Crippen LogP contribution in [0.3, 0.4) is 0 Å². The van der Waals surface area contributed by atoms with E-state index in [0.29, 0.717) is 17.3 Å². The summed E-state index contributed by atoms with van der Waals surface area (Å²) in [7, 11) is 1.57. The van der Waals surface area contributed by atoms with Gasteiger partial charge in [-0.1, -0.05) is 0 Å². The van der Waals surface area contributed by atoms with Crippen molar-refractivity contribution in [2.75, 3.05) is 19.0 Å². The van der Waals surface area contributed by atoms with Crippen molar-refractivity contribution in [2.24, 2.45) is 0 Å². The second-order valence-corrected chi connectivity index (χ2v) is 4.09. The Morgan fingerprint density at radius 3 is 2.74 bits per heavy atom. The number of aromatic nitrogens is 2. The molecule has 1 N–H and O–H groups in total. The largest absolute Gasteiger partial charge is 0.491 e. The fourth-order valence-electron chi connectivity index (χ4n) is 1.95. The maximum atomic E-state index is 13.2. The smallest absolute Gasteiger partial charge is 0.187 e. The maximum Gasteiger partial charge on any atom is 0.187 e. The van der Waals surface area contributed by atoms with Gasteiger partial charge in [-0.2, -0.15) is 0 Å². The molecule has 0 saturated carbocycles. The third-order valence-electron chi connectivity index (χ3n) is 2.80. The minimum atomic E-state index is -0.263. The summed E-state index contributed by atoms with van der Waals surface area (Å²) >= 11 is 0. The topological polar surface area (TPSA) is 47.0 Å². The first-order chi connectivity index (χ1) is 9.17. The summed E-state index contributed by atoms with van der Waals surface area (Å²) in [5.74, 6) is 0.943. The SMILES string of the molecule is CCNc1ncnc(-c2ccc(F)cc2C)c1OC. The summed E-state index contributed by atoms with van der Waals surface area (Å²) in [6, 6.07) is 4.59. The third-order valence-corrected chi connectivity index (χ3v) is 2.80. The maximum absolute atomic E-state index is 13.2. The van der Waals surface area contributed by atoms with Crippen LogP contribution in [0.25, 0.3) is 11.3 Å². The Labute approximate surface area is 111 Å². The Morgan fingerprint density at radius 2 is 2.11 bits per heavy atom. The zero-order valence-electron chi connectivity index (χ0n) is 11.2. The second kappa shape index (κ2) is 5.65. The predicted molar refractivity (Wildman–Crippen MR) is 72.9 cm³/mol. The van der Waals surface area contributed by atoms with E-state index in [1.807, 2.05) is 13.8 Å². The van der Waals surface area contributed by atoms with Crippen molar-refractivity contribution in [3.05, 3.63) is 35.9 Å². The van der Waals surface area contributed by atoms with Gasteiger partial charge in [-0.3, -0.25) is 0 Å². The molecular weight excluding hydrogens is 245 g/mol. The summed E-state index contributed by atoms with van der Waals surface area (Å²) < 4.78 is 18.6. The summed E-state index contributed by atoms with van der Waals surface area (Å²) in [6.45, 7) is 4.55. The van der Waals surface area contributed by atoms with Crippen molar-refractivity contribution >= 4 is 5.82 Å². The average molecular weight is 261 g/mol. The van der Waals surface area contributed by atoms with Crippen molar-refractivity contribution in [1.82, 2.24) is 9.97 Å². The Morgan fingerprint density at radius 1 is 1.32 bits per heavy atom. The molecule has 0 fully saturated rings. The molecule has 1 aromatic heterocycles. The number of nitrogens with zero attached hydrogens (tertiary/aromatic N) is 2. The van der Waals surface area contributed by atoms with Gasteiger partial charge in [0.05, 0.1) is 7.11 Å². The van der Waals surface area contributed by atoms with Gasteiger partial charge in [-0.25, -0.2) is 14.4 Å². The van der Waals surface area contributed by atoms with Gasteiger partial charge >= 0.3 is 0 Å². The molecule has 2 rings (SSSR count). The number of halogens is 1. The molecule has 0 bridgehead atoms. The van der Waals surface area contributed by atoms with E-state index in [2.05, 4.69) is 15.3 Å². The molecule has 0 radical (unpaired) electrons. The number of aryl methyl sites for hydroxylation is 1. The van der Waals surface area contributed by atoms with Crippen LogP contribution in [0.2, 0.25) is 0 Å². The van der Waals surface area contributed by atoms with Crippen molar-refractivity contribution in [3.8, 4) is 17.0 Å². The Kier molecular flexibility index (Phi) is 3.94. The van der Waals surface area contributed by atoms with Crippen LogP contribution in [0.4, 0.5) is 10.2 Å². The lowest BCUT2D eigenvalue weighted by atomic mass is 10.0. The lowest BCUT2D eigenvalue weighted by Crippen LogP contribution is -2.04. The lowest BCUT2D eigenvalue weighted by Gasteiger charge is -2.13. The van der Waals surface area contributed by atoms with Crippen molar-refractivity contribution in [2.45, 2.75) is 13.8 Å². The zero-order chi connectivity index (χ0) is 13.8. The average Bonchev–Trinajstić information content (AvgIpc) is 2.39. The normalized spacial score (nSPS) is 10.3. The number of rotatable bonds is 4. The molecule has 0 unspecified atom stereocenters. The highest BCUT2D eigenvalue weighted by Crippen LogP contribution is 2.34. The highest BCUT2D eigenvalue weighted by Gasteiger charge is 2.15. The number of ether oxygens (including phenoxy) is 1. The van der Waals surface area contributed by atoms with E-state index in [1.165, 1.54) is 18.5 Å². The summed E-state index contributed by atoms with van der Waals surface area (Å²) in [6.07, 6.45) is 1.47. The van der Waals surface area contributed by atoms with Crippen LogP contribution < -0.4 is 10.1 Å². The van der Waals surface area contributed by atoms with Crippen LogP contribution in [-0.4, -0.2) is 23.6 Å². The molecule has 5 heteroatoms. The molecule has 1 heterocycles. The van der Waals surface area contributed by atoms with Crippen LogP contribution in [0.15, 0.2) is 24.5 Å². The van der Waals surface area contributed by atoms with Crippen LogP contribution >= 0.6 is 0 Å². The zero-order valence-corrected chi connectivity index (χ0v) is 11.2. The molecule has 0 aliphatic heterocycles. The van der Waals surface area contributed by atoms with Crippen LogP contribution in [0, 0.1) is 12.7 Å². The van der Waals surface area contributed by atoms with Crippen molar-refractivity contribution < 1.29 is 9.13 Å². The van der Waals surface area contributed by atoms with Gasteiger partial charge in [-0.15, -0.1) is 0 Å². The van der Waals surface area contributed by atoms with Crippen molar-refractivity contribution in [3.63, 3.8) is 0 Å². The van der Waals surface area contributed by atoms with Crippen LogP contribution in [-0.2, 0) is 0 Å². The molecule has 0 saturated heterocycles. The number of anilines is 1. The minimum absolute atomic E-state index is 0.263. The fourth-order valence-corrected chi connectivity index (χ4v) is 1.95. The minimum Gasteiger partial charge on any atom is -0.491 e. The predicted octanol–water partition coefficient (Wildman–Crippen LogP) is 3.03. The first kappa shape index (κ1) is 13.3. The molecular formula is C14H16FN3O. The van der Waals surface area contributed by atoms with Gasteiger partial charge in [0, 0.05) is 12.1 Å². The summed E-state index contributed by atoms with van der Waals surface area (Å²) in [5.41, 5.74) is 2.30. The van der Waals surface area contributed by atoms with Crippen molar-refractivity contribution in [1.29, 1.82) is 0 Å². The Bertz CT molecular complexity index is 587. The Balaban J connectivity index is 2.58. The van der Waals surface area contributed by atoms with Crippen LogP contribution in [0.1, 0.15) is 12.5 Å². The van der Waals surface area contributed by atoms with Gasteiger partial charge in [0.15, 0.2) is 11.6 Å². The van der Waals surface area contributed by atoms with E-state index in [9.17, 15) is 4.39 Å². The van der Waals surface area contributed by atoms with E-state index in [1.54, 1.807) is 13.2 Å². The molecule has 0 spiro atoms. The molecule has 19 heavy (non-hydrogen) atoms. The van der Waals surface area contributed by atoms with Gasteiger partial charge in [-0.05, 0) is 37.6 Å². The van der Waals surface area contributed by atoms with Gasteiger partial charge in [0.2, 0.25) is 0 Å². The van der Waals surface area contributed by atoms with Gasteiger partial charge < -0.3 is 10.1 Å². The number of hydrogen-bond acceptors (Lipinski definition) is 4. The Hall–Kier alpha value is -2.17. The highest BCUT2D eigenvalue weighted by molar-refractivity contribution is 5.74. The van der Waals surface area contributed by atoms with E-state index in [4.69, 9.17) is 4.74 Å². The van der Waals surface area contributed by atoms with Crippen LogP contribution in [0.5, 0.6) is 5.75 Å². The number of methoxy groups -OCH3 is 1. The molecule has 0 atom stereocenters. The fraction of sp³-hybridized carbons (Fsp3) is 0.286. The first-order valence-electron chi connectivity index (χ1n) is 6.06. The first-order valence-corrected chi connectivity index (χ1v) is 6.06. The van der Waals surface area contributed by atoms with E-state index in [0.717, 1.165) is 17.7 Å². The second-order valence-electron chi connectivity index (χ2n) is 4.09. The van der Waals surface area contributed by atoms with E-state index < -0.39 is 0 Å². The molecule has 0 amide bonds. The quantitative estimate of drug-likeness (QED) is 0.919.